The lowest BCUT2D eigenvalue weighted by Crippen LogP contribution is -2.47. The molecule has 1 fully saturated rings. The number of ether oxygens (including phenoxy) is 2. The molecule has 0 unspecified atom stereocenters. The Hall–Kier alpha value is -1.75. The second kappa shape index (κ2) is 7.68. The van der Waals surface area contributed by atoms with E-state index in [1.54, 1.807) is 32.4 Å². The molecule has 1 saturated heterocycles. The van der Waals surface area contributed by atoms with Crippen LogP contribution < -0.4 is 9.47 Å². The van der Waals surface area contributed by atoms with Gasteiger partial charge in [0.1, 0.15) is 11.5 Å². The van der Waals surface area contributed by atoms with Crippen LogP contribution in [0, 0.1) is 0 Å². The number of likely N-dealkylation sites (tertiary alicyclic amines) is 1. The topological polar surface area (TPSA) is 42.0 Å². The van der Waals surface area contributed by atoms with Crippen LogP contribution in [0.15, 0.2) is 18.2 Å². The Kier molecular flexibility index (Phi) is 5.88. The van der Waals surface area contributed by atoms with Crippen LogP contribution in [0.2, 0.25) is 0 Å². The number of hydrogen-bond donors (Lipinski definition) is 0. The average Bonchev–Trinajstić information content (AvgIpc) is 2.59. The summed E-state index contributed by atoms with van der Waals surface area (Å²) >= 11 is 0. The molecular formula is C18H28N2O3. The van der Waals surface area contributed by atoms with E-state index in [2.05, 4.69) is 18.7 Å². The maximum absolute atomic E-state index is 12.9. The molecule has 1 aliphatic rings. The summed E-state index contributed by atoms with van der Waals surface area (Å²) in [4.78, 5) is 17.2. The molecule has 0 aliphatic carbocycles. The lowest BCUT2D eigenvalue weighted by atomic mass is 10.0. The van der Waals surface area contributed by atoms with Gasteiger partial charge in [0.05, 0.1) is 19.8 Å². The average molecular weight is 320 g/mol. The van der Waals surface area contributed by atoms with Crippen molar-refractivity contribution in [1.29, 1.82) is 0 Å². The number of nitrogens with zero attached hydrogens (tertiary/aromatic N) is 2. The van der Waals surface area contributed by atoms with Crippen molar-refractivity contribution in [3.05, 3.63) is 23.8 Å². The van der Waals surface area contributed by atoms with Crippen LogP contribution in [-0.2, 0) is 0 Å². The molecule has 0 atom stereocenters. The van der Waals surface area contributed by atoms with Gasteiger partial charge < -0.3 is 19.3 Å². The molecule has 5 heteroatoms. The molecule has 0 saturated carbocycles. The third kappa shape index (κ3) is 3.96. The normalized spacial score (nSPS) is 16.4. The van der Waals surface area contributed by atoms with Crippen molar-refractivity contribution in [3.8, 4) is 11.5 Å². The highest BCUT2D eigenvalue weighted by atomic mass is 16.5. The number of piperidine rings is 1. The van der Waals surface area contributed by atoms with Crippen molar-refractivity contribution in [2.75, 3.05) is 34.4 Å². The monoisotopic (exact) mass is 320 g/mol. The minimum atomic E-state index is -0.0104. The molecule has 0 spiro atoms. The molecule has 0 aromatic heterocycles. The number of amides is 1. The summed E-state index contributed by atoms with van der Waals surface area (Å²) in [5.74, 6) is 1.24. The second-order valence-corrected chi connectivity index (χ2v) is 6.34. The van der Waals surface area contributed by atoms with Gasteiger partial charge in [0.25, 0.3) is 5.91 Å². The van der Waals surface area contributed by atoms with Gasteiger partial charge in [-0.1, -0.05) is 0 Å². The molecule has 0 bridgehead atoms. The lowest BCUT2D eigenvalue weighted by molar-refractivity contribution is 0.0612. The van der Waals surface area contributed by atoms with Gasteiger partial charge in [-0.15, -0.1) is 0 Å². The highest BCUT2D eigenvalue weighted by molar-refractivity contribution is 5.97. The largest absolute Gasteiger partial charge is 0.497 e. The predicted molar refractivity (Wildman–Crippen MR) is 91.4 cm³/mol. The zero-order valence-corrected chi connectivity index (χ0v) is 14.8. The maximum Gasteiger partial charge on any atom is 0.257 e. The molecule has 1 aromatic carbocycles. The highest BCUT2D eigenvalue weighted by Crippen LogP contribution is 2.27. The van der Waals surface area contributed by atoms with E-state index in [1.165, 1.54) is 0 Å². The molecule has 1 aromatic rings. The van der Waals surface area contributed by atoms with Crippen LogP contribution in [0.3, 0.4) is 0 Å². The Morgan fingerprint density at radius 1 is 1.22 bits per heavy atom. The first-order valence-corrected chi connectivity index (χ1v) is 8.21. The van der Waals surface area contributed by atoms with Crippen LogP contribution in [0.1, 0.15) is 37.0 Å². The Morgan fingerprint density at radius 2 is 1.87 bits per heavy atom. The Bertz CT molecular complexity index is 537. The van der Waals surface area contributed by atoms with Gasteiger partial charge in [-0.3, -0.25) is 4.79 Å². The molecule has 5 nitrogen and oxygen atoms in total. The molecule has 2 rings (SSSR count). The number of benzene rings is 1. The Balaban J connectivity index is 2.11. The minimum Gasteiger partial charge on any atom is -0.497 e. The summed E-state index contributed by atoms with van der Waals surface area (Å²) in [7, 11) is 5.07. The third-order valence-electron chi connectivity index (χ3n) is 4.73. The Labute approximate surface area is 139 Å². The van der Waals surface area contributed by atoms with E-state index >= 15 is 0 Å². The molecule has 0 N–H and O–H groups in total. The third-order valence-corrected chi connectivity index (χ3v) is 4.73. The highest BCUT2D eigenvalue weighted by Gasteiger charge is 2.28. The van der Waals surface area contributed by atoms with Gasteiger partial charge in [0, 0.05) is 32.2 Å². The van der Waals surface area contributed by atoms with E-state index < -0.39 is 0 Å². The van der Waals surface area contributed by atoms with E-state index in [4.69, 9.17) is 9.47 Å². The first-order valence-electron chi connectivity index (χ1n) is 8.21. The van der Waals surface area contributed by atoms with E-state index in [1.807, 2.05) is 11.9 Å². The molecule has 23 heavy (non-hydrogen) atoms. The van der Waals surface area contributed by atoms with Crippen molar-refractivity contribution in [2.45, 2.75) is 38.8 Å². The fourth-order valence-electron chi connectivity index (χ4n) is 3.13. The van der Waals surface area contributed by atoms with Gasteiger partial charge in [-0.2, -0.15) is 0 Å². The summed E-state index contributed by atoms with van der Waals surface area (Å²) in [6.07, 6.45) is 2.01. The predicted octanol–water partition coefficient (Wildman–Crippen LogP) is 2.65. The quantitative estimate of drug-likeness (QED) is 0.836. The van der Waals surface area contributed by atoms with E-state index in [0.717, 1.165) is 25.9 Å². The van der Waals surface area contributed by atoms with Gasteiger partial charge in [0.15, 0.2) is 0 Å². The van der Waals surface area contributed by atoms with Crippen molar-refractivity contribution >= 4 is 5.91 Å². The number of carbonyl (C=O) groups excluding carboxylic acids is 1. The number of rotatable bonds is 5. The van der Waals surface area contributed by atoms with Gasteiger partial charge >= 0.3 is 0 Å². The molecule has 0 radical (unpaired) electrons. The smallest absolute Gasteiger partial charge is 0.257 e. The van der Waals surface area contributed by atoms with Gasteiger partial charge in [-0.25, -0.2) is 0 Å². The van der Waals surface area contributed by atoms with Crippen LogP contribution in [-0.4, -0.2) is 62.1 Å². The summed E-state index contributed by atoms with van der Waals surface area (Å²) in [5.41, 5.74) is 0.556. The van der Waals surface area contributed by atoms with Crippen LogP contribution in [0.25, 0.3) is 0 Å². The summed E-state index contributed by atoms with van der Waals surface area (Å²) in [5, 5.41) is 0. The molecule has 1 aliphatic heterocycles. The van der Waals surface area contributed by atoms with E-state index in [-0.39, 0.29) is 11.9 Å². The summed E-state index contributed by atoms with van der Waals surface area (Å²) in [6.45, 7) is 6.51. The second-order valence-electron chi connectivity index (χ2n) is 6.34. The van der Waals surface area contributed by atoms with Crippen molar-refractivity contribution in [3.63, 3.8) is 0 Å². The number of methoxy groups -OCH3 is 2. The van der Waals surface area contributed by atoms with E-state index in [0.29, 0.717) is 23.1 Å². The van der Waals surface area contributed by atoms with Gasteiger partial charge in [0.2, 0.25) is 0 Å². The number of carbonyl (C=O) groups is 1. The van der Waals surface area contributed by atoms with E-state index in [9.17, 15) is 4.79 Å². The zero-order valence-electron chi connectivity index (χ0n) is 14.8. The first kappa shape index (κ1) is 17.6. The van der Waals surface area contributed by atoms with Crippen molar-refractivity contribution < 1.29 is 14.3 Å². The molecule has 1 amide bonds. The van der Waals surface area contributed by atoms with Crippen LogP contribution in [0.4, 0.5) is 0 Å². The van der Waals surface area contributed by atoms with Gasteiger partial charge in [-0.05, 0) is 44.9 Å². The molecule has 1 heterocycles. The molecular weight excluding hydrogens is 292 g/mol. The minimum absolute atomic E-state index is 0.0104. The standard InChI is InChI=1S/C18H28N2O3/c1-13(2)20-10-8-14(9-11-20)19(3)18(21)16-12-15(22-4)6-7-17(16)23-5/h6-7,12-14H,8-11H2,1-5H3. The zero-order chi connectivity index (χ0) is 17.0. The molecule has 128 valence electrons. The first-order chi connectivity index (χ1) is 11.0. The summed E-state index contributed by atoms with van der Waals surface area (Å²) < 4.78 is 10.6. The fourth-order valence-corrected chi connectivity index (χ4v) is 3.13. The number of hydrogen-bond acceptors (Lipinski definition) is 4. The van der Waals surface area contributed by atoms with Crippen LogP contribution >= 0.6 is 0 Å². The Morgan fingerprint density at radius 3 is 2.39 bits per heavy atom. The summed E-state index contributed by atoms with van der Waals surface area (Å²) in [6, 6.07) is 6.17. The SMILES string of the molecule is COc1ccc(OC)c(C(=O)N(C)C2CCN(C(C)C)CC2)c1. The van der Waals surface area contributed by atoms with Crippen molar-refractivity contribution in [1.82, 2.24) is 9.80 Å². The maximum atomic E-state index is 12.9. The van der Waals surface area contributed by atoms with Crippen LogP contribution in [0.5, 0.6) is 11.5 Å². The van der Waals surface area contributed by atoms with Crippen molar-refractivity contribution in [2.24, 2.45) is 0 Å². The fraction of sp³-hybridized carbons (Fsp3) is 0.611. The lowest BCUT2D eigenvalue weighted by Gasteiger charge is -2.38.